The molecule has 108 valence electrons. The maximum atomic E-state index is 4.60. The molecule has 1 aliphatic heterocycles. The highest BCUT2D eigenvalue weighted by Gasteiger charge is 2.27. The zero-order valence-electron chi connectivity index (χ0n) is 13.1. The molecule has 0 aliphatic carbocycles. The number of aryl methyl sites for hydroxylation is 1. The zero-order chi connectivity index (χ0) is 14.3. The Kier molecular flexibility index (Phi) is 3.55. The minimum absolute atomic E-state index is 0.583. The smallest absolute Gasteiger partial charge is 0.0682 e. The van der Waals surface area contributed by atoms with Crippen molar-refractivity contribution in [1.82, 2.24) is 14.5 Å². The fraction of sp³-hybridized carbons (Fsp3) is 0.588. The first-order chi connectivity index (χ1) is 9.59. The first kappa shape index (κ1) is 13.6. The molecule has 2 aromatic heterocycles. The average molecular weight is 271 g/mol. The third-order valence-electron chi connectivity index (χ3n) is 5.21. The lowest BCUT2D eigenvalue weighted by Crippen LogP contribution is -2.32. The molecule has 0 N–H and O–H groups in total. The molecule has 0 bridgehead atoms. The van der Waals surface area contributed by atoms with Crippen LogP contribution in [0.2, 0.25) is 0 Å². The van der Waals surface area contributed by atoms with Crippen LogP contribution < -0.4 is 0 Å². The van der Waals surface area contributed by atoms with E-state index in [-0.39, 0.29) is 0 Å². The van der Waals surface area contributed by atoms with Gasteiger partial charge in [0.25, 0.3) is 0 Å². The Morgan fingerprint density at radius 2 is 1.90 bits per heavy atom. The van der Waals surface area contributed by atoms with Crippen LogP contribution in [-0.2, 0) is 0 Å². The van der Waals surface area contributed by atoms with Crippen LogP contribution in [0, 0.1) is 19.8 Å². The lowest BCUT2D eigenvalue weighted by molar-refractivity contribution is 0.200. The van der Waals surface area contributed by atoms with E-state index in [0.29, 0.717) is 5.92 Å². The molecule has 1 atom stereocenters. The van der Waals surface area contributed by atoms with Gasteiger partial charge in [-0.15, -0.1) is 0 Å². The Hall–Kier alpha value is -1.35. The van der Waals surface area contributed by atoms with Crippen molar-refractivity contribution in [1.29, 1.82) is 0 Å². The molecule has 1 saturated heterocycles. The largest absolute Gasteiger partial charge is 0.306 e. The standard InChI is InChI=1S/C17H25N3/c1-12-13(2)17(20-16(12)6-5-9-18-20)14(3)15-7-10-19(4)11-8-15/h5-6,9,14-15H,7-8,10-11H2,1-4H3. The number of rotatable bonds is 2. The van der Waals surface area contributed by atoms with Crippen molar-refractivity contribution in [3.05, 3.63) is 35.2 Å². The summed E-state index contributed by atoms with van der Waals surface area (Å²) in [4.78, 5) is 2.44. The molecule has 3 rings (SSSR count). The molecule has 1 aliphatic rings. The second-order valence-electron chi connectivity index (χ2n) is 6.39. The highest BCUT2D eigenvalue weighted by Crippen LogP contribution is 2.36. The molecule has 20 heavy (non-hydrogen) atoms. The van der Waals surface area contributed by atoms with Crippen LogP contribution in [0.25, 0.3) is 5.52 Å². The summed E-state index contributed by atoms with van der Waals surface area (Å²) < 4.78 is 2.17. The van der Waals surface area contributed by atoms with Gasteiger partial charge in [-0.25, -0.2) is 4.52 Å². The summed E-state index contributed by atoms with van der Waals surface area (Å²) >= 11 is 0. The first-order valence-electron chi connectivity index (χ1n) is 7.71. The second kappa shape index (κ2) is 5.21. The first-order valence-corrected chi connectivity index (χ1v) is 7.71. The van der Waals surface area contributed by atoms with Crippen LogP contribution in [0.5, 0.6) is 0 Å². The molecule has 1 unspecified atom stereocenters. The summed E-state index contributed by atoms with van der Waals surface area (Å²) in [5.41, 5.74) is 5.50. The molecule has 0 amide bonds. The average Bonchev–Trinajstić information content (AvgIpc) is 2.72. The Balaban J connectivity index is 1.99. The molecular formula is C17H25N3. The Morgan fingerprint density at radius 3 is 2.60 bits per heavy atom. The van der Waals surface area contributed by atoms with Crippen LogP contribution >= 0.6 is 0 Å². The summed E-state index contributed by atoms with van der Waals surface area (Å²) in [6.07, 6.45) is 4.50. The predicted octanol–water partition coefficient (Wildman–Crippen LogP) is 3.40. The summed E-state index contributed by atoms with van der Waals surface area (Å²) in [6.45, 7) is 9.31. The molecular weight excluding hydrogens is 246 g/mol. The minimum atomic E-state index is 0.583. The van der Waals surface area contributed by atoms with Gasteiger partial charge in [0.15, 0.2) is 0 Å². The van der Waals surface area contributed by atoms with Gasteiger partial charge in [0, 0.05) is 17.8 Å². The molecule has 1 fully saturated rings. The van der Waals surface area contributed by atoms with Gasteiger partial charge in [-0.3, -0.25) is 0 Å². The molecule has 0 aromatic carbocycles. The second-order valence-corrected chi connectivity index (χ2v) is 6.39. The van der Waals surface area contributed by atoms with Crippen molar-refractivity contribution in [2.45, 2.75) is 39.5 Å². The van der Waals surface area contributed by atoms with E-state index in [4.69, 9.17) is 0 Å². The van der Waals surface area contributed by atoms with E-state index in [9.17, 15) is 0 Å². The van der Waals surface area contributed by atoms with E-state index >= 15 is 0 Å². The third kappa shape index (κ3) is 2.14. The topological polar surface area (TPSA) is 20.5 Å². The number of aromatic nitrogens is 2. The van der Waals surface area contributed by atoms with Crippen molar-refractivity contribution >= 4 is 5.52 Å². The van der Waals surface area contributed by atoms with Crippen LogP contribution in [0.3, 0.4) is 0 Å². The lowest BCUT2D eigenvalue weighted by atomic mass is 9.82. The summed E-state index contributed by atoms with van der Waals surface area (Å²) in [7, 11) is 2.23. The predicted molar refractivity (Wildman–Crippen MR) is 83.3 cm³/mol. The number of nitrogens with zero attached hydrogens (tertiary/aromatic N) is 3. The van der Waals surface area contributed by atoms with Gasteiger partial charge in [0.2, 0.25) is 0 Å². The van der Waals surface area contributed by atoms with Crippen molar-refractivity contribution in [2.75, 3.05) is 20.1 Å². The summed E-state index contributed by atoms with van der Waals surface area (Å²) in [5.74, 6) is 1.37. The zero-order valence-corrected chi connectivity index (χ0v) is 13.1. The third-order valence-corrected chi connectivity index (χ3v) is 5.21. The number of piperidine rings is 1. The van der Waals surface area contributed by atoms with Gasteiger partial charge in [-0.1, -0.05) is 6.92 Å². The fourth-order valence-corrected chi connectivity index (χ4v) is 3.68. The highest BCUT2D eigenvalue weighted by atomic mass is 15.2. The van der Waals surface area contributed by atoms with Gasteiger partial charge in [-0.2, -0.15) is 5.10 Å². The Bertz CT molecular complexity index is 606. The maximum absolute atomic E-state index is 4.60. The summed E-state index contributed by atoms with van der Waals surface area (Å²) in [5, 5.41) is 4.60. The van der Waals surface area contributed by atoms with E-state index in [1.54, 1.807) is 0 Å². The molecule has 3 heteroatoms. The van der Waals surface area contributed by atoms with Gasteiger partial charge < -0.3 is 4.90 Å². The Labute approximate surface area is 121 Å². The molecule has 3 nitrogen and oxygen atoms in total. The maximum Gasteiger partial charge on any atom is 0.0682 e. The van der Waals surface area contributed by atoms with Crippen LogP contribution in [0.4, 0.5) is 0 Å². The van der Waals surface area contributed by atoms with E-state index in [1.807, 2.05) is 12.3 Å². The molecule has 2 aromatic rings. The quantitative estimate of drug-likeness (QED) is 0.834. The highest BCUT2D eigenvalue weighted by molar-refractivity contribution is 5.60. The van der Waals surface area contributed by atoms with Gasteiger partial charge >= 0.3 is 0 Å². The van der Waals surface area contributed by atoms with Crippen LogP contribution in [0.15, 0.2) is 18.3 Å². The van der Waals surface area contributed by atoms with E-state index < -0.39 is 0 Å². The number of hydrogen-bond acceptors (Lipinski definition) is 2. The molecule has 0 spiro atoms. The normalized spacial score (nSPS) is 19.6. The fourth-order valence-electron chi connectivity index (χ4n) is 3.68. The van der Waals surface area contributed by atoms with Crippen molar-refractivity contribution < 1.29 is 0 Å². The van der Waals surface area contributed by atoms with Crippen molar-refractivity contribution in [3.8, 4) is 0 Å². The van der Waals surface area contributed by atoms with E-state index in [1.165, 1.54) is 48.3 Å². The molecule has 3 heterocycles. The van der Waals surface area contributed by atoms with Gasteiger partial charge in [0.05, 0.1) is 5.52 Å². The minimum Gasteiger partial charge on any atom is -0.306 e. The van der Waals surface area contributed by atoms with Gasteiger partial charge in [0.1, 0.15) is 0 Å². The number of fused-ring (bicyclic) bond motifs is 1. The monoisotopic (exact) mass is 271 g/mol. The number of likely N-dealkylation sites (tertiary alicyclic amines) is 1. The van der Waals surface area contributed by atoms with Crippen molar-refractivity contribution in [2.24, 2.45) is 5.92 Å². The molecule has 0 radical (unpaired) electrons. The SMILES string of the molecule is Cc1c(C)c2cccnn2c1C(C)C1CCN(C)CC1. The number of hydrogen-bond donors (Lipinski definition) is 0. The Morgan fingerprint density at radius 1 is 1.20 bits per heavy atom. The van der Waals surface area contributed by atoms with Crippen LogP contribution in [0.1, 0.15) is 42.5 Å². The van der Waals surface area contributed by atoms with E-state index in [0.717, 1.165) is 5.92 Å². The van der Waals surface area contributed by atoms with Crippen LogP contribution in [-0.4, -0.2) is 34.7 Å². The summed E-state index contributed by atoms with van der Waals surface area (Å²) in [6, 6.07) is 4.21. The lowest BCUT2D eigenvalue weighted by Gasteiger charge is -2.33. The van der Waals surface area contributed by atoms with Gasteiger partial charge in [-0.05, 0) is 76.0 Å². The van der Waals surface area contributed by atoms with E-state index in [2.05, 4.69) is 48.4 Å². The van der Waals surface area contributed by atoms with Crippen molar-refractivity contribution in [3.63, 3.8) is 0 Å². The molecule has 0 saturated carbocycles.